The van der Waals surface area contributed by atoms with Gasteiger partial charge in [-0.15, -0.1) is 0 Å². The van der Waals surface area contributed by atoms with Gasteiger partial charge in [0.05, 0.1) is 12.8 Å². The van der Waals surface area contributed by atoms with Gasteiger partial charge in [-0.2, -0.15) is 0 Å². The lowest BCUT2D eigenvalue weighted by Crippen LogP contribution is -2.24. The Hall–Kier alpha value is -3.06. The molecule has 0 fully saturated rings. The van der Waals surface area contributed by atoms with Crippen molar-refractivity contribution in [2.45, 2.75) is 32.7 Å². The van der Waals surface area contributed by atoms with Crippen molar-refractivity contribution >= 4 is 33.4 Å². The normalized spacial score (nSPS) is 11.1. The van der Waals surface area contributed by atoms with Crippen molar-refractivity contribution in [3.8, 4) is 5.75 Å². The summed E-state index contributed by atoms with van der Waals surface area (Å²) >= 11 is 3.48. The number of hydrogen-bond acceptors (Lipinski definition) is 4. The fourth-order valence-electron chi connectivity index (χ4n) is 2.98. The van der Waals surface area contributed by atoms with Crippen LogP contribution in [0, 0.1) is 0 Å². The smallest absolute Gasteiger partial charge is 0.262 e. The first-order chi connectivity index (χ1) is 14.7. The van der Waals surface area contributed by atoms with Gasteiger partial charge >= 0.3 is 0 Å². The summed E-state index contributed by atoms with van der Waals surface area (Å²) in [5.41, 5.74) is 1.83. The van der Waals surface area contributed by atoms with Crippen molar-refractivity contribution in [2.75, 3.05) is 11.9 Å². The summed E-state index contributed by atoms with van der Waals surface area (Å²) in [4.78, 5) is 24.8. The minimum atomic E-state index is -0.309. The van der Waals surface area contributed by atoms with Gasteiger partial charge < -0.3 is 19.8 Å². The monoisotopic (exact) mass is 484 g/mol. The third-order valence-corrected chi connectivity index (χ3v) is 5.01. The summed E-state index contributed by atoms with van der Waals surface area (Å²) < 4.78 is 11.9. The summed E-state index contributed by atoms with van der Waals surface area (Å²) in [6.45, 7) is 6.41. The van der Waals surface area contributed by atoms with Crippen molar-refractivity contribution in [3.63, 3.8) is 0 Å². The molecule has 31 heavy (non-hydrogen) atoms. The van der Waals surface area contributed by atoms with Crippen LogP contribution < -0.4 is 15.4 Å². The van der Waals surface area contributed by atoms with Crippen LogP contribution in [0.3, 0.4) is 0 Å². The maximum Gasteiger partial charge on any atom is 0.262 e. The largest absolute Gasteiger partial charge is 0.483 e. The Morgan fingerprint density at radius 3 is 2.58 bits per heavy atom. The van der Waals surface area contributed by atoms with Crippen molar-refractivity contribution in [1.82, 2.24) is 5.32 Å². The van der Waals surface area contributed by atoms with E-state index in [-0.39, 0.29) is 23.8 Å². The van der Waals surface area contributed by atoms with Crippen molar-refractivity contribution in [1.29, 1.82) is 0 Å². The fourth-order valence-corrected chi connectivity index (χ4v) is 3.34. The highest BCUT2D eigenvalue weighted by Crippen LogP contribution is 2.33. The molecule has 6 nitrogen and oxygen atoms in total. The number of halogens is 1. The van der Waals surface area contributed by atoms with Crippen LogP contribution in [0.2, 0.25) is 0 Å². The Morgan fingerprint density at radius 1 is 1.06 bits per heavy atom. The average Bonchev–Trinajstić information content (AvgIpc) is 3.24. The minimum Gasteiger partial charge on any atom is -0.483 e. The molecular weight excluding hydrogens is 460 g/mol. The number of nitrogens with one attached hydrogen (secondary N) is 2. The van der Waals surface area contributed by atoms with E-state index >= 15 is 0 Å². The first-order valence-corrected chi connectivity index (χ1v) is 10.6. The molecule has 0 aliphatic heterocycles. The fraction of sp³-hybridized carbons (Fsp3) is 0.250. The predicted octanol–water partition coefficient (Wildman–Crippen LogP) is 5.29. The number of furan rings is 1. The van der Waals surface area contributed by atoms with Gasteiger partial charge in [0.15, 0.2) is 6.61 Å². The first-order valence-electron chi connectivity index (χ1n) is 9.86. The number of carbonyl (C=O) groups excluding carboxylic acids is 2. The number of rotatable bonds is 7. The van der Waals surface area contributed by atoms with E-state index in [1.54, 1.807) is 42.7 Å². The molecule has 2 aromatic carbocycles. The Kier molecular flexibility index (Phi) is 7.17. The summed E-state index contributed by atoms with van der Waals surface area (Å²) in [5, 5.41) is 5.55. The Morgan fingerprint density at radius 2 is 1.87 bits per heavy atom. The standard InChI is InChI=1S/C24H25BrN2O4/c1-24(2,3)20-13-17(25)9-10-21(20)31-15-22(28)27-18-7-4-6-16(12-18)23(29)26-14-19-8-5-11-30-19/h4-13H,14-15H2,1-3H3,(H,26,29)(H,27,28). The Bertz CT molecular complexity index is 1060. The van der Waals surface area contributed by atoms with Gasteiger partial charge in [-0.1, -0.05) is 42.8 Å². The third-order valence-electron chi connectivity index (χ3n) is 4.52. The van der Waals surface area contributed by atoms with Crippen LogP contribution >= 0.6 is 15.9 Å². The highest BCUT2D eigenvalue weighted by atomic mass is 79.9. The topological polar surface area (TPSA) is 80.6 Å². The zero-order valence-electron chi connectivity index (χ0n) is 17.7. The molecule has 7 heteroatoms. The molecule has 0 atom stereocenters. The van der Waals surface area contributed by atoms with Crippen LogP contribution in [0.1, 0.15) is 42.5 Å². The van der Waals surface area contributed by atoms with Crippen LogP contribution in [0.5, 0.6) is 5.75 Å². The summed E-state index contributed by atoms with van der Waals surface area (Å²) in [5.74, 6) is 0.763. The van der Waals surface area contributed by atoms with Gasteiger partial charge in [0.25, 0.3) is 11.8 Å². The molecule has 0 aliphatic rings. The quantitative estimate of drug-likeness (QED) is 0.477. The molecule has 1 aromatic heterocycles. The molecular formula is C24H25BrN2O4. The van der Waals surface area contributed by atoms with Crippen LogP contribution in [-0.2, 0) is 16.8 Å². The molecule has 0 radical (unpaired) electrons. The van der Waals surface area contributed by atoms with Gasteiger partial charge in [-0.05, 0) is 53.9 Å². The Labute approximate surface area is 190 Å². The van der Waals surface area contributed by atoms with Crippen LogP contribution in [-0.4, -0.2) is 18.4 Å². The number of hydrogen-bond donors (Lipinski definition) is 2. The average molecular weight is 485 g/mol. The third kappa shape index (κ3) is 6.46. The van der Waals surface area contributed by atoms with Crippen LogP contribution in [0.4, 0.5) is 5.69 Å². The second-order valence-electron chi connectivity index (χ2n) is 8.07. The minimum absolute atomic E-state index is 0.132. The SMILES string of the molecule is CC(C)(C)c1cc(Br)ccc1OCC(=O)Nc1cccc(C(=O)NCc2ccco2)c1. The molecule has 0 unspecified atom stereocenters. The molecule has 0 spiro atoms. The van der Waals surface area contributed by atoms with Gasteiger partial charge in [-0.3, -0.25) is 9.59 Å². The highest BCUT2D eigenvalue weighted by Gasteiger charge is 2.20. The molecule has 3 aromatic rings. The van der Waals surface area contributed by atoms with E-state index in [2.05, 4.69) is 47.3 Å². The molecule has 2 amide bonds. The summed E-state index contributed by atoms with van der Waals surface area (Å²) in [7, 11) is 0. The summed E-state index contributed by atoms with van der Waals surface area (Å²) in [6, 6.07) is 16.0. The van der Waals surface area contributed by atoms with E-state index < -0.39 is 0 Å². The van der Waals surface area contributed by atoms with E-state index in [1.807, 2.05) is 18.2 Å². The molecule has 0 saturated carbocycles. The molecule has 0 saturated heterocycles. The zero-order valence-corrected chi connectivity index (χ0v) is 19.3. The molecule has 0 aliphatic carbocycles. The number of anilines is 1. The lowest BCUT2D eigenvalue weighted by Gasteiger charge is -2.23. The lowest BCUT2D eigenvalue weighted by atomic mass is 9.86. The van der Waals surface area contributed by atoms with E-state index in [0.717, 1.165) is 10.0 Å². The number of benzene rings is 2. The molecule has 2 N–H and O–H groups in total. The highest BCUT2D eigenvalue weighted by molar-refractivity contribution is 9.10. The van der Waals surface area contributed by atoms with Crippen molar-refractivity contribution in [3.05, 3.63) is 82.2 Å². The Balaban J connectivity index is 1.59. The number of amides is 2. The van der Waals surface area contributed by atoms with Crippen molar-refractivity contribution < 1.29 is 18.7 Å². The van der Waals surface area contributed by atoms with Gasteiger partial charge in [0, 0.05) is 21.3 Å². The molecule has 3 rings (SSSR count). The van der Waals surface area contributed by atoms with Crippen LogP contribution in [0.15, 0.2) is 69.8 Å². The summed E-state index contributed by atoms with van der Waals surface area (Å²) in [6.07, 6.45) is 1.55. The van der Waals surface area contributed by atoms with E-state index in [0.29, 0.717) is 29.3 Å². The van der Waals surface area contributed by atoms with E-state index in [9.17, 15) is 9.59 Å². The predicted molar refractivity (Wildman–Crippen MR) is 123 cm³/mol. The number of carbonyl (C=O) groups is 2. The van der Waals surface area contributed by atoms with Gasteiger partial charge in [-0.25, -0.2) is 0 Å². The van der Waals surface area contributed by atoms with Gasteiger partial charge in [0.2, 0.25) is 0 Å². The second kappa shape index (κ2) is 9.83. The van der Waals surface area contributed by atoms with Gasteiger partial charge in [0.1, 0.15) is 11.5 Å². The number of ether oxygens (including phenoxy) is 1. The molecule has 1 heterocycles. The lowest BCUT2D eigenvalue weighted by molar-refractivity contribution is -0.118. The zero-order chi connectivity index (χ0) is 22.4. The van der Waals surface area contributed by atoms with E-state index in [4.69, 9.17) is 9.15 Å². The maximum absolute atomic E-state index is 12.4. The van der Waals surface area contributed by atoms with Crippen molar-refractivity contribution in [2.24, 2.45) is 0 Å². The first kappa shape index (κ1) is 22.6. The van der Waals surface area contributed by atoms with Crippen LogP contribution in [0.25, 0.3) is 0 Å². The second-order valence-corrected chi connectivity index (χ2v) is 8.99. The van der Waals surface area contributed by atoms with E-state index in [1.165, 1.54) is 0 Å². The molecule has 0 bridgehead atoms. The molecule has 162 valence electrons. The maximum atomic E-state index is 12.4.